The van der Waals surface area contributed by atoms with Gasteiger partial charge in [0.2, 0.25) is 5.95 Å². The van der Waals surface area contributed by atoms with Crippen molar-refractivity contribution in [1.82, 2.24) is 9.97 Å². The van der Waals surface area contributed by atoms with Crippen LogP contribution in [0, 0.1) is 0 Å². The van der Waals surface area contributed by atoms with E-state index in [-0.39, 0.29) is 11.8 Å². The smallest absolute Gasteiger partial charge is 0.339 e. The third kappa shape index (κ3) is 4.77. The SMILES string of the molecule is CCc1ccccc1Nc1nc(Nc2ccc(Br)cc2)ncc1C(F)(F)F. The van der Waals surface area contributed by atoms with Gasteiger partial charge in [0.1, 0.15) is 11.4 Å². The zero-order chi connectivity index (χ0) is 19.4. The van der Waals surface area contributed by atoms with E-state index >= 15 is 0 Å². The molecule has 4 nitrogen and oxygen atoms in total. The number of rotatable bonds is 5. The fourth-order valence-electron chi connectivity index (χ4n) is 2.49. The molecule has 0 amide bonds. The van der Waals surface area contributed by atoms with E-state index in [0.29, 0.717) is 17.8 Å². The van der Waals surface area contributed by atoms with E-state index in [9.17, 15) is 13.2 Å². The summed E-state index contributed by atoms with van der Waals surface area (Å²) in [5, 5.41) is 5.73. The molecule has 0 aliphatic rings. The number of nitrogens with one attached hydrogen (secondary N) is 2. The van der Waals surface area contributed by atoms with Gasteiger partial charge in [0.05, 0.1) is 0 Å². The highest BCUT2D eigenvalue weighted by Gasteiger charge is 2.35. The van der Waals surface area contributed by atoms with Crippen LogP contribution in [-0.4, -0.2) is 9.97 Å². The molecule has 0 saturated heterocycles. The highest BCUT2D eigenvalue weighted by atomic mass is 79.9. The van der Waals surface area contributed by atoms with Crippen molar-refractivity contribution >= 4 is 39.1 Å². The maximum atomic E-state index is 13.4. The Morgan fingerprint density at radius 1 is 1.00 bits per heavy atom. The van der Waals surface area contributed by atoms with Crippen molar-refractivity contribution in [3.63, 3.8) is 0 Å². The van der Waals surface area contributed by atoms with Gasteiger partial charge in [-0.05, 0) is 42.3 Å². The van der Waals surface area contributed by atoms with Crippen LogP contribution in [0.2, 0.25) is 0 Å². The van der Waals surface area contributed by atoms with Crippen LogP contribution in [0.15, 0.2) is 59.2 Å². The van der Waals surface area contributed by atoms with Crippen LogP contribution in [0.4, 0.5) is 36.3 Å². The van der Waals surface area contributed by atoms with E-state index in [0.717, 1.165) is 16.2 Å². The zero-order valence-electron chi connectivity index (χ0n) is 14.3. The van der Waals surface area contributed by atoms with E-state index in [1.54, 1.807) is 24.3 Å². The minimum Gasteiger partial charge on any atom is -0.339 e. The van der Waals surface area contributed by atoms with Crippen LogP contribution in [-0.2, 0) is 12.6 Å². The minimum absolute atomic E-state index is 0.0711. The number of anilines is 4. The summed E-state index contributed by atoms with van der Waals surface area (Å²) < 4.78 is 41.1. The number of nitrogens with zero attached hydrogens (tertiary/aromatic N) is 2. The molecule has 0 radical (unpaired) electrons. The average Bonchev–Trinajstić information content (AvgIpc) is 2.63. The van der Waals surface area contributed by atoms with E-state index in [1.165, 1.54) is 0 Å². The summed E-state index contributed by atoms with van der Waals surface area (Å²) in [6.45, 7) is 1.94. The van der Waals surface area contributed by atoms with Gasteiger partial charge in [-0.2, -0.15) is 18.2 Å². The van der Waals surface area contributed by atoms with Crippen molar-refractivity contribution in [2.75, 3.05) is 10.6 Å². The molecule has 0 aliphatic carbocycles. The average molecular weight is 437 g/mol. The van der Waals surface area contributed by atoms with E-state index in [2.05, 4.69) is 36.5 Å². The summed E-state index contributed by atoms with van der Waals surface area (Å²) in [4.78, 5) is 7.88. The standard InChI is InChI=1S/C19H16BrF3N4/c1-2-12-5-3-4-6-16(12)26-17-15(19(21,22)23)11-24-18(27-17)25-14-9-7-13(20)8-10-14/h3-11H,2H2,1H3,(H2,24,25,26,27). The van der Waals surface area contributed by atoms with Gasteiger partial charge in [-0.15, -0.1) is 0 Å². The summed E-state index contributed by atoms with van der Waals surface area (Å²) >= 11 is 3.33. The van der Waals surface area contributed by atoms with Gasteiger partial charge in [0, 0.05) is 22.0 Å². The molecule has 0 aliphatic heterocycles. The Hall–Kier alpha value is -2.61. The lowest BCUT2D eigenvalue weighted by Gasteiger charge is -2.16. The van der Waals surface area contributed by atoms with Gasteiger partial charge in [-0.3, -0.25) is 0 Å². The molecule has 0 saturated carbocycles. The van der Waals surface area contributed by atoms with Crippen LogP contribution < -0.4 is 10.6 Å². The molecule has 1 aromatic heterocycles. The number of aromatic nitrogens is 2. The van der Waals surface area contributed by atoms with Crippen LogP contribution >= 0.6 is 15.9 Å². The molecule has 0 bridgehead atoms. The number of alkyl halides is 3. The number of benzene rings is 2. The van der Waals surface area contributed by atoms with Gasteiger partial charge in [0.15, 0.2) is 0 Å². The lowest BCUT2D eigenvalue weighted by Crippen LogP contribution is -2.13. The second kappa shape index (κ2) is 7.96. The normalized spacial score (nSPS) is 11.3. The Kier molecular flexibility index (Phi) is 5.65. The summed E-state index contributed by atoms with van der Waals surface area (Å²) in [5.41, 5.74) is 1.22. The highest BCUT2D eigenvalue weighted by Crippen LogP contribution is 2.36. The lowest BCUT2D eigenvalue weighted by atomic mass is 10.1. The molecule has 2 aromatic carbocycles. The molecule has 3 aromatic rings. The summed E-state index contributed by atoms with van der Waals surface area (Å²) in [6, 6.07) is 14.3. The third-order valence-electron chi connectivity index (χ3n) is 3.85. The van der Waals surface area contributed by atoms with Crippen molar-refractivity contribution in [3.05, 3.63) is 70.3 Å². The summed E-state index contributed by atoms with van der Waals surface area (Å²) in [6.07, 6.45) is -3.11. The minimum atomic E-state index is -4.57. The first-order valence-electron chi connectivity index (χ1n) is 8.18. The molecule has 8 heteroatoms. The van der Waals surface area contributed by atoms with Gasteiger partial charge in [0.25, 0.3) is 0 Å². The molecule has 0 fully saturated rings. The van der Waals surface area contributed by atoms with E-state index in [4.69, 9.17) is 0 Å². The molecule has 0 spiro atoms. The molecule has 0 unspecified atom stereocenters. The molecule has 3 rings (SSSR count). The number of halogens is 4. The molecule has 1 heterocycles. The van der Waals surface area contributed by atoms with Crippen LogP contribution in [0.3, 0.4) is 0 Å². The summed E-state index contributed by atoms with van der Waals surface area (Å²) in [5.74, 6) is -0.222. The number of hydrogen-bond donors (Lipinski definition) is 2. The van der Waals surface area contributed by atoms with Crippen molar-refractivity contribution in [3.8, 4) is 0 Å². The van der Waals surface area contributed by atoms with Crippen LogP contribution in [0.1, 0.15) is 18.1 Å². The highest BCUT2D eigenvalue weighted by molar-refractivity contribution is 9.10. The van der Waals surface area contributed by atoms with Gasteiger partial charge >= 0.3 is 6.18 Å². The Bertz CT molecular complexity index is 927. The molecule has 140 valence electrons. The summed E-state index contributed by atoms with van der Waals surface area (Å²) in [7, 11) is 0. The lowest BCUT2D eigenvalue weighted by molar-refractivity contribution is -0.137. The molecular weight excluding hydrogens is 421 g/mol. The van der Waals surface area contributed by atoms with Crippen molar-refractivity contribution < 1.29 is 13.2 Å². The molecule has 2 N–H and O–H groups in total. The topological polar surface area (TPSA) is 49.8 Å². The van der Waals surface area contributed by atoms with Crippen molar-refractivity contribution in [2.45, 2.75) is 19.5 Å². The van der Waals surface area contributed by atoms with Gasteiger partial charge in [-0.1, -0.05) is 41.1 Å². The van der Waals surface area contributed by atoms with Gasteiger partial charge in [-0.25, -0.2) is 4.98 Å². The fourth-order valence-corrected chi connectivity index (χ4v) is 2.75. The molecule has 27 heavy (non-hydrogen) atoms. The predicted molar refractivity (Wildman–Crippen MR) is 104 cm³/mol. The van der Waals surface area contributed by atoms with Crippen molar-refractivity contribution in [1.29, 1.82) is 0 Å². The quantitative estimate of drug-likeness (QED) is 0.492. The Morgan fingerprint density at radius 2 is 1.70 bits per heavy atom. The van der Waals surface area contributed by atoms with E-state index < -0.39 is 11.7 Å². The number of aryl methyl sites for hydroxylation is 1. The maximum Gasteiger partial charge on any atom is 0.421 e. The predicted octanol–water partition coefficient (Wildman–Crippen LogP) is 6.31. The van der Waals surface area contributed by atoms with Crippen LogP contribution in [0.25, 0.3) is 0 Å². The Labute approximate surface area is 163 Å². The third-order valence-corrected chi connectivity index (χ3v) is 4.37. The van der Waals surface area contributed by atoms with Crippen molar-refractivity contribution in [2.24, 2.45) is 0 Å². The zero-order valence-corrected chi connectivity index (χ0v) is 15.9. The second-order valence-electron chi connectivity index (χ2n) is 5.72. The Morgan fingerprint density at radius 3 is 2.37 bits per heavy atom. The number of hydrogen-bond acceptors (Lipinski definition) is 4. The maximum absolute atomic E-state index is 13.4. The second-order valence-corrected chi connectivity index (χ2v) is 6.64. The molecule has 0 atom stereocenters. The largest absolute Gasteiger partial charge is 0.421 e. The van der Waals surface area contributed by atoms with Crippen LogP contribution in [0.5, 0.6) is 0 Å². The fraction of sp³-hybridized carbons (Fsp3) is 0.158. The molecular formula is C19H16BrF3N4. The van der Waals surface area contributed by atoms with E-state index in [1.807, 2.05) is 31.2 Å². The number of para-hydroxylation sites is 1. The monoisotopic (exact) mass is 436 g/mol. The first-order chi connectivity index (χ1) is 12.9. The first kappa shape index (κ1) is 19.2. The van der Waals surface area contributed by atoms with Gasteiger partial charge < -0.3 is 10.6 Å². The first-order valence-corrected chi connectivity index (χ1v) is 8.98. The Balaban J connectivity index is 1.97.